The molecule has 0 saturated carbocycles. The van der Waals surface area contributed by atoms with E-state index in [-0.39, 0.29) is 16.9 Å². The predicted octanol–water partition coefficient (Wildman–Crippen LogP) is 3.10. The van der Waals surface area contributed by atoms with E-state index in [1.54, 1.807) is 0 Å². The molecule has 4 nitrogen and oxygen atoms in total. The number of nitrogens with one attached hydrogen (secondary N) is 2. The second-order valence-electron chi connectivity index (χ2n) is 4.28. The van der Waals surface area contributed by atoms with Crippen LogP contribution in [0.4, 0.5) is 24.7 Å². The lowest BCUT2D eigenvalue weighted by Gasteiger charge is -2.10. The number of amides is 1. The summed E-state index contributed by atoms with van der Waals surface area (Å²) < 4.78 is 41.3. The first-order valence-electron chi connectivity index (χ1n) is 6.04. The van der Waals surface area contributed by atoms with Gasteiger partial charge in [-0.2, -0.15) is 0 Å². The summed E-state index contributed by atoms with van der Waals surface area (Å²) in [7, 11) is 1.44. The first-order chi connectivity index (χ1) is 9.95. The maximum absolute atomic E-state index is 13.9. The zero-order valence-electron chi connectivity index (χ0n) is 11.3. The van der Waals surface area contributed by atoms with Crippen LogP contribution in [0.2, 0.25) is 0 Å². The molecule has 1 amide bonds. The summed E-state index contributed by atoms with van der Waals surface area (Å²) in [5, 5.41) is 4.52. The normalized spacial score (nSPS) is 10.3. The standard InChI is InChI=1S/C14H12F3N3O/c1-7-3-4-9(15)12(10(7)16)20-14(21)8-5-6-19-13(18-2)11(8)17/h3-6H,1-2H3,(H,18,19)(H,20,21). The van der Waals surface area contributed by atoms with Crippen molar-refractivity contribution in [1.29, 1.82) is 0 Å². The fourth-order valence-corrected chi connectivity index (χ4v) is 1.75. The van der Waals surface area contributed by atoms with Gasteiger partial charge in [0.2, 0.25) is 0 Å². The molecule has 1 aromatic carbocycles. The SMILES string of the molecule is CNc1nccc(C(=O)Nc2c(F)ccc(C)c2F)c1F. The van der Waals surface area contributed by atoms with Crippen LogP contribution >= 0.6 is 0 Å². The second-order valence-corrected chi connectivity index (χ2v) is 4.28. The van der Waals surface area contributed by atoms with Gasteiger partial charge in [-0.15, -0.1) is 0 Å². The zero-order valence-corrected chi connectivity index (χ0v) is 11.3. The maximum Gasteiger partial charge on any atom is 0.258 e. The van der Waals surface area contributed by atoms with Crippen molar-refractivity contribution in [2.24, 2.45) is 0 Å². The fraction of sp³-hybridized carbons (Fsp3) is 0.143. The molecule has 0 bridgehead atoms. The van der Waals surface area contributed by atoms with Crippen LogP contribution in [0.1, 0.15) is 15.9 Å². The van der Waals surface area contributed by atoms with Crippen LogP contribution in [0.25, 0.3) is 0 Å². The molecule has 0 saturated heterocycles. The number of carbonyl (C=O) groups excluding carboxylic acids is 1. The van der Waals surface area contributed by atoms with Crippen LogP contribution in [0.15, 0.2) is 24.4 Å². The zero-order chi connectivity index (χ0) is 15.6. The average molecular weight is 295 g/mol. The number of benzene rings is 1. The molecule has 2 aromatic rings. The number of carbonyl (C=O) groups is 1. The molecule has 0 radical (unpaired) electrons. The molecule has 7 heteroatoms. The Hall–Kier alpha value is -2.57. The Bertz CT molecular complexity index is 704. The highest BCUT2D eigenvalue weighted by Gasteiger charge is 2.19. The van der Waals surface area contributed by atoms with Crippen molar-refractivity contribution in [3.05, 3.63) is 53.0 Å². The Morgan fingerprint density at radius 2 is 1.86 bits per heavy atom. The van der Waals surface area contributed by atoms with Gasteiger partial charge >= 0.3 is 0 Å². The van der Waals surface area contributed by atoms with E-state index in [0.29, 0.717) is 0 Å². The smallest absolute Gasteiger partial charge is 0.258 e. The van der Waals surface area contributed by atoms with Crippen LogP contribution in [0.3, 0.4) is 0 Å². The van der Waals surface area contributed by atoms with Crippen molar-refractivity contribution in [1.82, 2.24) is 4.98 Å². The molecule has 2 N–H and O–H groups in total. The summed E-state index contributed by atoms with van der Waals surface area (Å²) in [6.45, 7) is 1.43. The van der Waals surface area contributed by atoms with Gasteiger partial charge in [-0.05, 0) is 24.6 Å². The summed E-state index contributed by atoms with van der Waals surface area (Å²) in [4.78, 5) is 15.7. The molecule has 0 unspecified atom stereocenters. The van der Waals surface area contributed by atoms with Crippen molar-refractivity contribution in [2.75, 3.05) is 17.7 Å². The number of hydrogen-bond donors (Lipinski definition) is 2. The van der Waals surface area contributed by atoms with Crippen molar-refractivity contribution >= 4 is 17.4 Å². The highest BCUT2D eigenvalue weighted by molar-refractivity contribution is 6.05. The van der Waals surface area contributed by atoms with Gasteiger partial charge in [-0.1, -0.05) is 6.07 Å². The molecule has 0 fully saturated rings. The molecule has 0 aliphatic rings. The van der Waals surface area contributed by atoms with E-state index in [0.717, 1.165) is 12.1 Å². The van der Waals surface area contributed by atoms with Gasteiger partial charge in [0.25, 0.3) is 5.91 Å². The van der Waals surface area contributed by atoms with Gasteiger partial charge in [0.05, 0.1) is 5.56 Å². The minimum absolute atomic E-state index is 0.132. The number of pyridine rings is 1. The Morgan fingerprint density at radius 1 is 1.14 bits per heavy atom. The Morgan fingerprint density at radius 3 is 2.52 bits per heavy atom. The van der Waals surface area contributed by atoms with E-state index in [2.05, 4.69) is 10.3 Å². The minimum atomic E-state index is -0.963. The lowest BCUT2D eigenvalue weighted by molar-refractivity contribution is 0.102. The summed E-state index contributed by atoms with van der Waals surface area (Å²) >= 11 is 0. The van der Waals surface area contributed by atoms with Gasteiger partial charge in [-0.25, -0.2) is 18.2 Å². The second kappa shape index (κ2) is 5.82. The van der Waals surface area contributed by atoms with E-state index in [1.807, 2.05) is 5.32 Å². The molecule has 0 aliphatic carbocycles. The van der Waals surface area contributed by atoms with E-state index < -0.39 is 29.0 Å². The van der Waals surface area contributed by atoms with Gasteiger partial charge in [0.15, 0.2) is 17.5 Å². The predicted molar refractivity (Wildman–Crippen MR) is 72.8 cm³/mol. The Kier molecular flexibility index (Phi) is 4.11. The highest BCUT2D eigenvalue weighted by Crippen LogP contribution is 2.23. The Labute approximate surface area is 119 Å². The number of anilines is 2. The molecule has 0 aliphatic heterocycles. The highest BCUT2D eigenvalue weighted by atomic mass is 19.1. The van der Waals surface area contributed by atoms with Crippen LogP contribution < -0.4 is 10.6 Å². The number of halogens is 3. The first kappa shape index (κ1) is 14.8. The van der Waals surface area contributed by atoms with E-state index in [9.17, 15) is 18.0 Å². The lowest BCUT2D eigenvalue weighted by atomic mass is 10.1. The third-order valence-corrected chi connectivity index (χ3v) is 2.89. The van der Waals surface area contributed by atoms with Crippen LogP contribution in [-0.4, -0.2) is 17.9 Å². The van der Waals surface area contributed by atoms with Gasteiger partial charge in [0, 0.05) is 13.2 Å². The van der Waals surface area contributed by atoms with E-state index >= 15 is 0 Å². The number of aromatic nitrogens is 1. The molecule has 0 atom stereocenters. The third-order valence-electron chi connectivity index (χ3n) is 2.89. The molecular formula is C14H12F3N3O. The molecular weight excluding hydrogens is 283 g/mol. The largest absolute Gasteiger partial charge is 0.371 e. The molecule has 2 rings (SSSR count). The Balaban J connectivity index is 2.38. The van der Waals surface area contributed by atoms with Crippen molar-refractivity contribution < 1.29 is 18.0 Å². The summed E-state index contributed by atoms with van der Waals surface area (Å²) in [6, 6.07) is 3.39. The molecule has 21 heavy (non-hydrogen) atoms. The van der Waals surface area contributed by atoms with Crippen LogP contribution in [0, 0.1) is 24.4 Å². The summed E-state index contributed by atoms with van der Waals surface area (Å²) in [6.07, 6.45) is 1.22. The molecule has 0 spiro atoms. The number of nitrogens with zero attached hydrogens (tertiary/aromatic N) is 1. The monoisotopic (exact) mass is 295 g/mol. The summed E-state index contributed by atoms with van der Waals surface area (Å²) in [5.41, 5.74) is -0.810. The third kappa shape index (κ3) is 2.81. The van der Waals surface area contributed by atoms with Crippen molar-refractivity contribution in [3.8, 4) is 0 Å². The molecule has 1 heterocycles. The van der Waals surface area contributed by atoms with Crippen LogP contribution in [0.5, 0.6) is 0 Å². The summed E-state index contributed by atoms with van der Waals surface area (Å²) in [5.74, 6) is -3.82. The molecule has 110 valence electrons. The van der Waals surface area contributed by atoms with Gasteiger partial charge < -0.3 is 10.6 Å². The van der Waals surface area contributed by atoms with E-state index in [1.165, 1.54) is 26.2 Å². The number of rotatable bonds is 3. The number of hydrogen-bond acceptors (Lipinski definition) is 3. The lowest BCUT2D eigenvalue weighted by Crippen LogP contribution is -2.17. The van der Waals surface area contributed by atoms with Crippen LogP contribution in [-0.2, 0) is 0 Å². The van der Waals surface area contributed by atoms with Crippen molar-refractivity contribution in [2.45, 2.75) is 6.92 Å². The quantitative estimate of drug-likeness (QED) is 0.915. The van der Waals surface area contributed by atoms with Gasteiger partial charge in [0.1, 0.15) is 11.5 Å². The maximum atomic E-state index is 13.9. The number of aryl methyl sites for hydroxylation is 1. The first-order valence-corrected chi connectivity index (χ1v) is 6.04. The van der Waals surface area contributed by atoms with Gasteiger partial charge in [-0.3, -0.25) is 4.79 Å². The minimum Gasteiger partial charge on any atom is -0.371 e. The fourth-order valence-electron chi connectivity index (χ4n) is 1.75. The molecule has 1 aromatic heterocycles. The van der Waals surface area contributed by atoms with Crippen molar-refractivity contribution in [3.63, 3.8) is 0 Å². The average Bonchev–Trinajstić information content (AvgIpc) is 2.47. The van der Waals surface area contributed by atoms with E-state index in [4.69, 9.17) is 0 Å². The topological polar surface area (TPSA) is 54.0 Å².